The van der Waals surface area contributed by atoms with Gasteiger partial charge in [-0.1, -0.05) is 26.8 Å². The topological polar surface area (TPSA) is 89.3 Å². The lowest BCUT2D eigenvalue weighted by Gasteiger charge is -2.21. The molecule has 5 nitrogen and oxygen atoms in total. The number of carbonyl (C=O) groups excluding carboxylic acids is 1. The van der Waals surface area contributed by atoms with Gasteiger partial charge in [0.05, 0.1) is 4.90 Å². The molecule has 1 aromatic rings. The predicted octanol–water partition coefficient (Wildman–Crippen LogP) is 1.81. The summed E-state index contributed by atoms with van der Waals surface area (Å²) in [6.45, 7) is 7.69. The number of carbonyl (C=O) groups is 1. The fraction of sp³-hybridized carbons (Fsp3) is 0.500. The van der Waals surface area contributed by atoms with Crippen LogP contribution in [0.3, 0.4) is 0 Å². The smallest absolute Gasteiger partial charge is 0.251 e. The van der Waals surface area contributed by atoms with Crippen molar-refractivity contribution in [2.45, 2.75) is 45.1 Å². The first-order chi connectivity index (χ1) is 9.16. The van der Waals surface area contributed by atoms with Crippen molar-refractivity contribution in [2.24, 2.45) is 11.1 Å². The van der Waals surface area contributed by atoms with Crippen molar-refractivity contribution in [2.75, 3.05) is 0 Å². The van der Waals surface area contributed by atoms with Gasteiger partial charge in [-0.05, 0) is 37.0 Å². The number of sulfonamides is 1. The first-order valence-electron chi connectivity index (χ1n) is 6.61. The van der Waals surface area contributed by atoms with E-state index in [1.165, 1.54) is 6.07 Å². The molecule has 0 aromatic heterocycles. The first-order valence-corrected chi connectivity index (χ1v) is 8.15. The van der Waals surface area contributed by atoms with Crippen LogP contribution in [0.25, 0.3) is 0 Å². The molecule has 0 fully saturated rings. The Morgan fingerprint density at radius 1 is 1.35 bits per heavy atom. The quantitative estimate of drug-likeness (QED) is 0.868. The number of hydrogen-bond donors (Lipinski definition) is 2. The predicted molar refractivity (Wildman–Crippen MR) is 78.9 cm³/mol. The highest BCUT2D eigenvalue weighted by Gasteiger charge is 2.18. The van der Waals surface area contributed by atoms with E-state index in [0.717, 1.165) is 6.42 Å². The number of rotatable bonds is 5. The van der Waals surface area contributed by atoms with Crippen LogP contribution in [0.5, 0.6) is 0 Å². The second-order valence-corrected chi connectivity index (χ2v) is 6.79. The van der Waals surface area contributed by atoms with Crippen LogP contribution in [-0.2, 0) is 10.0 Å². The van der Waals surface area contributed by atoms with E-state index in [4.69, 9.17) is 5.14 Å². The fourth-order valence-corrected chi connectivity index (χ4v) is 2.85. The summed E-state index contributed by atoms with van der Waals surface area (Å²) >= 11 is 0. The van der Waals surface area contributed by atoms with E-state index in [1.54, 1.807) is 19.1 Å². The summed E-state index contributed by atoms with van der Waals surface area (Å²) in [6.07, 6.45) is 0.817. The number of primary sulfonamides is 1. The van der Waals surface area contributed by atoms with Gasteiger partial charge in [-0.3, -0.25) is 4.79 Å². The lowest BCUT2D eigenvalue weighted by atomic mass is 10.0. The number of hydrogen-bond acceptors (Lipinski definition) is 3. The molecule has 1 aromatic carbocycles. The Morgan fingerprint density at radius 2 is 1.95 bits per heavy atom. The van der Waals surface area contributed by atoms with E-state index in [9.17, 15) is 13.2 Å². The van der Waals surface area contributed by atoms with Crippen molar-refractivity contribution in [1.29, 1.82) is 0 Å². The molecule has 1 rings (SSSR count). The van der Waals surface area contributed by atoms with E-state index in [1.807, 2.05) is 20.8 Å². The Bertz CT molecular complexity index is 594. The van der Waals surface area contributed by atoms with Gasteiger partial charge < -0.3 is 5.32 Å². The highest BCUT2D eigenvalue weighted by Crippen LogP contribution is 2.16. The Hall–Kier alpha value is -1.40. The second-order valence-electron chi connectivity index (χ2n) is 5.26. The average molecular weight is 298 g/mol. The molecule has 6 heteroatoms. The number of amides is 1. The third-order valence-corrected chi connectivity index (χ3v) is 4.37. The van der Waals surface area contributed by atoms with Gasteiger partial charge in [0, 0.05) is 11.6 Å². The first kappa shape index (κ1) is 16.7. The second kappa shape index (κ2) is 6.37. The lowest BCUT2D eigenvalue weighted by molar-refractivity contribution is 0.0924. The molecule has 20 heavy (non-hydrogen) atoms. The van der Waals surface area contributed by atoms with Gasteiger partial charge >= 0.3 is 0 Å². The third-order valence-electron chi connectivity index (χ3n) is 3.32. The van der Waals surface area contributed by atoms with Crippen LogP contribution < -0.4 is 10.5 Å². The molecule has 0 heterocycles. The van der Waals surface area contributed by atoms with Crippen molar-refractivity contribution >= 4 is 15.9 Å². The monoisotopic (exact) mass is 298 g/mol. The van der Waals surface area contributed by atoms with Gasteiger partial charge in [0.2, 0.25) is 10.0 Å². The average Bonchev–Trinajstić information content (AvgIpc) is 2.34. The molecular formula is C14H22N2O3S. The van der Waals surface area contributed by atoms with Crippen LogP contribution in [0.1, 0.15) is 43.1 Å². The number of nitrogens with one attached hydrogen (secondary N) is 1. The van der Waals surface area contributed by atoms with E-state index < -0.39 is 10.0 Å². The van der Waals surface area contributed by atoms with Crippen LogP contribution in [0.15, 0.2) is 23.1 Å². The normalized spacial score (nSPS) is 13.3. The fourth-order valence-electron chi connectivity index (χ4n) is 2.04. The Kier molecular flexibility index (Phi) is 5.30. The minimum atomic E-state index is -3.82. The zero-order valence-corrected chi connectivity index (χ0v) is 13.1. The van der Waals surface area contributed by atoms with E-state index in [2.05, 4.69) is 5.32 Å². The van der Waals surface area contributed by atoms with E-state index in [-0.39, 0.29) is 16.8 Å². The van der Waals surface area contributed by atoms with Crippen LogP contribution in [-0.4, -0.2) is 20.4 Å². The highest BCUT2D eigenvalue weighted by molar-refractivity contribution is 7.89. The summed E-state index contributed by atoms with van der Waals surface area (Å²) in [6, 6.07) is 4.58. The molecule has 0 radical (unpaired) electrons. The van der Waals surface area contributed by atoms with Crippen LogP contribution in [0.4, 0.5) is 0 Å². The molecule has 0 saturated carbocycles. The molecule has 3 N–H and O–H groups in total. The molecule has 0 spiro atoms. The minimum absolute atomic E-state index is 0.0113. The minimum Gasteiger partial charge on any atom is -0.349 e. The SMILES string of the molecule is CCC(NC(=O)c1ccc(C)c(S(N)(=O)=O)c1)C(C)C. The largest absolute Gasteiger partial charge is 0.349 e. The third kappa shape index (κ3) is 4.05. The molecule has 0 aliphatic carbocycles. The summed E-state index contributed by atoms with van der Waals surface area (Å²) < 4.78 is 22.9. The molecule has 0 bridgehead atoms. The van der Waals surface area contributed by atoms with Crippen LogP contribution in [0.2, 0.25) is 0 Å². The molecule has 112 valence electrons. The summed E-state index contributed by atoms with van der Waals surface area (Å²) in [5, 5.41) is 8.05. The zero-order valence-electron chi connectivity index (χ0n) is 12.3. The highest BCUT2D eigenvalue weighted by atomic mass is 32.2. The van der Waals surface area contributed by atoms with Crippen molar-refractivity contribution in [3.63, 3.8) is 0 Å². The van der Waals surface area contributed by atoms with E-state index in [0.29, 0.717) is 17.0 Å². The van der Waals surface area contributed by atoms with Crippen molar-refractivity contribution in [3.8, 4) is 0 Å². The molecule has 0 aliphatic rings. The Morgan fingerprint density at radius 3 is 2.40 bits per heavy atom. The summed E-state index contributed by atoms with van der Waals surface area (Å²) in [5.74, 6) is 0.0301. The van der Waals surface area contributed by atoms with Gasteiger partial charge in [-0.15, -0.1) is 0 Å². The van der Waals surface area contributed by atoms with Crippen molar-refractivity contribution in [1.82, 2.24) is 5.32 Å². The Balaban J connectivity index is 3.07. The zero-order chi connectivity index (χ0) is 15.5. The molecule has 0 saturated heterocycles. The number of aryl methyl sites for hydroxylation is 1. The maximum Gasteiger partial charge on any atom is 0.251 e. The summed E-state index contributed by atoms with van der Waals surface area (Å²) in [7, 11) is -3.82. The van der Waals surface area contributed by atoms with Gasteiger partial charge in [0.1, 0.15) is 0 Å². The standard InChI is InChI=1S/C14H22N2O3S/c1-5-12(9(2)3)16-14(17)11-7-6-10(4)13(8-11)20(15,18)19/h6-9,12H,5H2,1-4H3,(H,16,17)(H2,15,18,19). The molecule has 1 amide bonds. The maximum absolute atomic E-state index is 12.2. The molecule has 1 atom stereocenters. The van der Waals surface area contributed by atoms with E-state index >= 15 is 0 Å². The molecular weight excluding hydrogens is 276 g/mol. The van der Waals surface area contributed by atoms with Crippen molar-refractivity contribution in [3.05, 3.63) is 29.3 Å². The number of nitrogens with two attached hydrogens (primary N) is 1. The van der Waals surface area contributed by atoms with Gasteiger partial charge in [-0.25, -0.2) is 13.6 Å². The van der Waals surface area contributed by atoms with Gasteiger partial charge in [-0.2, -0.15) is 0 Å². The van der Waals surface area contributed by atoms with Crippen molar-refractivity contribution < 1.29 is 13.2 Å². The van der Waals surface area contributed by atoms with Gasteiger partial charge in [0.15, 0.2) is 0 Å². The van der Waals surface area contributed by atoms with Crippen LogP contribution in [0, 0.1) is 12.8 Å². The lowest BCUT2D eigenvalue weighted by Crippen LogP contribution is -2.38. The molecule has 1 unspecified atom stereocenters. The van der Waals surface area contributed by atoms with Gasteiger partial charge in [0.25, 0.3) is 5.91 Å². The summed E-state index contributed by atoms with van der Waals surface area (Å²) in [4.78, 5) is 12.2. The maximum atomic E-state index is 12.2. The molecule has 0 aliphatic heterocycles. The number of benzene rings is 1. The summed E-state index contributed by atoms with van der Waals surface area (Å²) in [5.41, 5.74) is 0.832. The Labute approximate surface area is 120 Å². The van der Waals surface area contributed by atoms with Crippen LogP contribution >= 0.6 is 0 Å².